The molecule has 0 saturated carbocycles. The molecule has 0 bridgehead atoms. The predicted octanol–water partition coefficient (Wildman–Crippen LogP) is 2.12. The highest BCUT2D eigenvalue weighted by Crippen LogP contribution is 2.16. The van der Waals surface area contributed by atoms with Crippen LogP contribution in [0.4, 0.5) is 5.69 Å². The molecule has 1 aromatic rings. The van der Waals surface area contributed by atoms with Crippen molar-refractivity contribution in [1.29, 1.82) is 0 Å². The number of carbonyl (C=O) groups excluding carboxylic acids is 1. The van der Waals surface area contributed by atoms with Crippen LogP contribution in [0.15, 0.2) is 24.3 Å². The number of amides is 1. The number of likely N-dealkylation sites (N-methyl/N-ethyl adjacent to an activating group) is 1. The Morgan fingerprint density at radius 2 is 2.10 bits per heavy atom. The fourth-order valence-electron chi connectivity index (χ4n) is 2.63. The molecule has 1 fully saturated rings. The van der Waals surface area contributed by atoms with Gasteiger partial charge < -0.3 is 15.5 Å². The van der Waals surface area contributed by atoms with Gasteiger partial charge in [0.15, 0.2) is 0 Å². The van der Waals surface area contributed by atoms with Gasteiger partial charge in [0.2, 0.25) is 5.91 Å². The van der Waals surface area contributed by atoms with Crippen molar-refractivity contribution in [3.8, 4) is 0 Å². The average Bonchev–Trinajstić information content (AvgIpc) is 2.98. The van der Waals surface area contributed by atoms with Gasteiger partial charge in [-0.05, 0) is 70.1 Å². The molecule has 1 unspecified atom stereocenters. The first kappa shape index (κ1) is 16.0. The van der Waals surface area contributed by atoms with Crippen molar-refractivity contribution in [3.05, 3.63) is 29.8 Å². The van der Waals surface area contributed by atoms with Crippen molar-refractivity contribution in [3.63, 3.8) is 0 Å². The van der Waals surface area contributed by atoms with E-state index in [1.165, 1.54) is 12.0 Å². The zero-order valence-electron chi connectivity index (χ0n) is 13.2. The van der Waals surface area contributed by atoms with Crippen LogP contribution < -0.4 is 10.6 Å². The van der Waals surface area contributed by atoms with Crippen LogP contribution in [0.3, 0.4) is 0 Å². The molecule has 1 aromatic carbocycles. The lowest BCUT2D eigenvalue weighted by atomic mass is 10.0. The Kier molecular flexibility index (Phi) is 6.21. The zero-order chi connectivity index (χ0) is 15.1. The number of rotatable bonds is 7. The number of nitrogens with one attached hydrogen (secondary N) is 2. The Morgan fingerprint density at radius 3 is 2.71 bits per heavy atom. The maximum atomic E-state index is 11.9. The minimum atomic E-state index is 0.128. The number of anilines is 1. The van der Waals surface area contributed by atoms with Crippen LogP contribution in [0.5, 0.6) is 0 Å². The summed E-state index contributed by atoms with van der Waals surface area (Å²) >= 11 is 0. The van der Waals surface area contributed by atoms with Gasteiger partial charge in [-0.25, -0.2) is 0 Å². The predicted molar refractivity (Wildman–Crippen MR) is 87.5 cm³/mol. The molecule has 0 spiro atoms. The summed E-state index contributed by atoms with van der Waals surface area (Å²) in [5.41, 5.74) is 2.21. The Hall–Kier alpha value is -1.39. The zero-order valence-corrected chi connectivity index (χ0v) is 13.2. The third-order valence-corrected chi connectivity index (χ3v) is 4.03. The molecule has 0 radical (unpaired) electrons. The van der Waals surface area contributed by atoms with E-state index in [9.17, 15) is 4.79 Å². The molecular weight excluding hydrogens is 262 g/mol. The molecule has 21 heavy (non-hydrogen) atoms. The van der Waals surface area contributed by atoms with Crippen LogP contribution in [-0.4, -0.2) is 44.5 Å². The molecule has 1 aliphatic heterocycles. The maximum Gasteiger partial charge on any atom is 0.224 e. The Bertz CT molecular complexity index is 436. The summed E-state index contributed by atoms with van der Waals surface area (Å²) in [6.07, 6.45) is 3.85. The fraction of sp³-hybridized carbons (Fsp3) is 0.588. The second kappa shape index (κ2) is 8.15. The van der Waals surface area contributed by atoms with Crippen molar-refractivity contribution >= 4 is 11.6 Å². The summed E-state index contributed by atoms with van der Waals surface area (Å²) in [6.45, 7) is 3.20. The number of benzene rings is 1. The minimum Gasteiger partial charge on any atom is -0.326 e. The summed E-state index contributed by atoms with van der Waals surface area (Å²) in [6, 6.07) is 8.19. The van der Waals surface area contributed by atoms with E-state index in [0.29, 0.717) is 12.3 Å². The summed E-state index contributed by atoms with van der Waals surface area (Å²) in [4.78, 5) is 14.1. The van der Waals surface area contributed by atoms with Gasteiger partial charge in [0.25, 0.3) is 0 Å². The van der Waals surface area contributed by atoms with Crippen molar-refractivity contribution in [2.24, 2.45) is 5.92 Å². The lowest BCUT2D eigenvalue weighted by Gasteiger charge is -2.11. The van der Waals surface area contributed by atoms with Gasteiger partial charge in [-0.3, -0.25) is 4.79 Å². The molecule has 116 valence electrons. The van der Waals surface area contributed by atoms with Gasteiger partial charge in [-0.1, -0.05) is 12.1 Å². The third-order valence-electron chi connectivity index (χ3n) is 4.03. The van der Waals surface area contributed by atoms with Gasteiger partial charge in [0.05, 0.1) is 0 Å². The quantitative estimate of drug-likeness (QED) is 0.808. The van der Waals surface area contributed by atoms with E-state index < -0.39 is 0 Å². The van der Waals surface area contributed by atoms with Crippen molar-refractivity contribution in [2.45, 2.75) is 25.7 Å². The minimum absolute atomic E-state index is 0.128. The lowest BCUT2D eigenvalue weighted by Crippen LogP contribution is -2.15. The van der Waals surface area contributed by atoms with E-state index in [1.54, 1.807) is 0 Å². The highest BCUT2D eigenvalue weighted by Gasteiger charge is 2.15. The van der Waals surface area contributed by atoms with Crippen LogP contribution in [0.1, 0.15) is 24.8 Å². The second-order valence-electron chi connectivity index (χ2n) is 6.20. The monoisotopic (exact) mass is 289 g/mol. The maximum absolute atomic E-state index is 11.9. The summed E-state index contributed by atoms with van der Waals surface area (Å²) in [5, 5.41) is 6.32. The smallest absolute Gasteiger partial charge is 0.224 e. The SMILES string of the molecule is CN(C)CCc1ccc(NC(=O)CCC2CCNC2)cc1. The number of carbonyl (C=O) groups is 1. The second-order valence-corrected chi connectivity index (χ2v) is 6.20. The van der Waals surface area contributed by atoms with Crippen molar-refractivity contribution in [2.75, 3.05) is 39.0 Å². The fourth-order valence-corrected chi connectivity index (χ4v) is 2.63. The van der Waals surface area contributed by atoms with Crippen LogP contribution in [0.25, 0.3) is 0 Å². The van der Waals surface area contributed by atoms with E-state index in [0.717, 1.165) is 38.2 Å². The normalized spacial score (nSPS) is 18.1. The van der Waals surface area contributed by atoms with Gasteiger partial charge in [-0.2, -0.15) is 0 Å². The standard InChI is InChI=1S/C17H27N3O/c1-20(2)12-10-14-3-6-16(7-4-14)19-17(21)8-5-15-9-11-18-13-15/h3-4,6-7,15,18H,5,8-13H2,1-2H3,(H,19,21). The van der Waals surface area contributed by atoms with Crippen molar-refractivity contribution < 1.29 is 4.79 Å². The molecule has 4 nitrogen and oxygen atoms in total. The summed E-state index contributed by atoms with van der Waals surface area (Å²) < 4.78 is 0. The molecule has 1 heterocycles. The van der Waals surface area contributed by atoms with Gasteiger partial charge in [0, 0.05) is 18.7 Å². The Morgan fingerprint density at radius 1 is 1.33 bits per heavy atom. The molecular formula is C17H27N3O. The lowest BCUT2D eigenvalue weighted by molar-refractivity contribution is -0.116. The molecule has 2 N–H and O–H groups in total. The first-order chi connectivity index (χ1) is 10.1. The molecule has 1 aliphatic rings. The first-order valence-electron chi connectivity index (χ1n) is 7.88. The summed E-state index contributed by atoms with van der Waals surface area (Å²) in [5.74, 6) is 0.798. The highest BCUT2D eigenvalue weighted by molar-refractivity contribution is 5.90. The third kappa shape index (κ3) is 5.86. The number of hydrogen-bond donors (Lipinski definition) is 2. The Balaban J connectivity index is 1.72. The average molecular weight is 289 g/mol. The van der Waals surface area contributed by atoms with Crippen LogP contribution in [0.2, 0.25) is 0 Å². The van der Waals surface area contributed by atoms with Crippen molar-refractivity contribution in [1.82, 2.24) is 10.2 Å². The van der Waals surface area contributed by atoms with Gasteiger partial charge in [-0.15, -0.1) is 0 Å². The molecule has 2 rings (SSSR count). The largest absolute Gasteiger partial charge is 0.326 e. The van der Waals surface area contributed by atoms with Gasteiger partial charge >= 0.3 is 0 Å². The van der Waals surface area contributed by atoms with E-state index in [-0.39, 0.29) is 5.91 Å². The topological polar surface area (TPSA) is 44.4 Å². The molecule has 1 atom stereocenters. The van der Waals surface area contributed by atoms with E-state index in [2.05, 4.69) is 41.8 Å². The van der Waals surface area contributed by atoms with Crippen LogP contribution in [-0.2, 0) is 11.2 Å². The Labute approximate surface area is 127 Å². The molecule has 1 amide bonds. The van der Waals surface area contributed by atoms with Crippen LogP contribution >= 0.6 is 0 Å². The molecule has 1 saturated heterocycles. The molecule has 4 heteroatoms. The van der Waals surface area contributed by atoms with Crippen LogP contribution in [0, 0.1) is 5.92 Å². The van der Waals surface area contributed by atoms with E-state index >= 15 is 0 Å². The highest BCUT2D eigenvalue weighted by atomic mass is 16.1. The molecule has 0 aliphatic carbocycles. The number of hydrogen-bond acceptors (Lipinski definition) is 3. The first-order valence-corrected chi connectivity index (χ1v) is 7.88. The van der Waals surface area contributed by atoms with Gasteiger partial charge in [0.1, 0.15) is 0 Å². The number of nitrogens with zero attached hydrogens (tertiary/aromatic N) is 1. The van der Waals surface area contributed by atoms with E-state index in [1.807, 2.05) is 12.1 Å². The van der Waals surface area contributed by atoms with E-state index in [4.69, 9.17) is 0 Å². The molecule has 0 aromatic heterocycles. The summed E-state index contributed by atoms with van der Waals surface area (Å²) in [7, 11) is 4.16.